The molecule has 0 amide bonds. The van der Waals surface area contributed by atoms with Crippen LogP contribution in [0.2, 0.25) is 0 Å². The summed E-state index contributed by atoms with van der Waals surface area (Å²) in [7, 11) is 0. The van der Waals surface area contributed by atoms with Crippen LogP contribution in [0.25, 0.3) is 0 Å². The summed E-state index contributed by atoms with van der Waals surface area (Å²) in [6.45, 7) is 1.98. The quantitative estimate of drug-likeness (QED) is 0.653. The lowest BCUT2D eigenvalue weighted by molar-refractivity contribution is -0.0245. The van der Waals surface area contributed by atoms with Gasteiger partial charge in [0.25, 0.3) is 5.92 Å². The zero-order valence-electron chi connectivity index (χ0n) is 17.6. The summed E-state index contributed by atoms with van der Waals surface area (Å²) < 4.78 is 31.3. The van der Waals surface area contributed by atoms with E-state index in [2.05, 4.69) is 31.3 Å². The van der Waals surface area contributed by atoms with E-state index in [1.54, 1.807) is 0 Å². The molecule has 1 aliphatic carbocycles. The van der Waals surface area contributed by atoms with E-state index in [0.29, 0.717) is 35.6 Å². The number of aliphatic hydroxyl groups is 1. The number of ether oxygens (including phenoxy) is 1. The number of hydrogen-bond donors (Lipinski definition) is 2. The van der Waals surface area contributed by atoms with Crippen molar-refractivity contribution in [2.75, 3.05) is 11.9 Å². The molecule has 1 saturated carbocycles. The number of aromatic nitrogens is 4. The number of nitriles is 1. The number of anilines is 1. The molecule has 1 aliphatic rings. The Morgan fingerprint density at radius 1 is 1.39 bits per heavy atom. The van der Waals surface area contributed by atoms with Gasteiger partial charge in [0.05, 0.1) is 28.6 Å². The first-order valence-electron chi connectivity index (χ1n) is 10.2. The number of halogens is 2. The van der Waals surface area contributed by atoms with Gasteiger partial charge in [0, 0.05) is 19.7 Å². The molecule has 0 aromatic carbocycles. The second kappa shape index (κ2) is 9.47. The first kappa shape index (κ1) is 22.7. The molecule has 3 rings (SSSR count). The van der Waals surface area contributed by atoms with Gasteiger partial charge >= 0.3 is 0 Å². The van der Waals surface area contributed by atoms with E-state index in [-0.39, 0.29) is 18.3 Å². The molecule has 2 heterocycles. The molecule has 0 aliphatic heterocycles. The van der Waals surface area contributed by atoms with E-state index in [1.165, 1.54) is 18.7 Å². The van der Waals surface area contributed by atoms with Crippen LogP contribution in [-0.2, 0) is 13.0 Å². The predicted molar refractivity (Wildman–Crippen MR) is 109 cm³/mol. The molecular formula is C21H26F2N6O2. The maximum Gasteiger partial charge on any atom is 0.278 e. The minimum Gasteiger partial charge on any atom is -0.471 e. The smallest absolute Gasteiger partial charge is 0.278 e. The van der Waals surface area contributed by atoms with Gasteiger partial charge in [0.15, 0.2) is 6.61 Å². The summed E-state index contributed by atoms with van der Waals surface area (Å²) in [4.78, 5) is 16.5. The summed E-state index contributed by atoms with van der Waals surface area (Å²) >= 11 is 0. The van der Waals surface area contributed by atoms with E-state index in [9.17, 15) is 19.1 Å². The summed E-state index contributed by atoms with van der Waals surface area (Å²) in [5, 5.41) is 22.8. The van der Waals surface area contributed by atoms with Crippen LogP contribution in [0.3, 0.4) is 0 Å². The van der Waals surface area contributed by atoms with Crippen LogP contribution >= 0.6 is 0 Å². The van der Waals surface area contributed by atoms with Crippen LogP contribution in [0.15, 0.2) is 18.7 Å². The Bertz CT molecular complexity index is 942. The van der Waals surface area contributed by atoms with Crippen molar-refractivity contribution < 1.29 is 18.6 Å². The minimum atomic E-state index is -2.98. The number of nitrogens with one attached hydrogen (secondary N) is 1. The molecule has 0 unspecified atom stereocenters. The van der Waals surface area contributed by atoms with Crippen molar-refractivity contribution >= 4 is 5.95 Å². The van der Waals surface area contributed by atoms with Gasteiger partial charge in [-0.15, -0.1) is 0 Å². The third-order valence-corrected chi connectivity index (χ3v) is 5.17. The third-order valence-electron chi connectivity index (χ3n) is 5.17. The molecule has 2 N–H and O–H groups in total. The van der Waals surface area contributed by atoms with Crippen molar-refractivity contribution in [2.45, 2.75) is 64.0 Å². The Hall–Kier alpha value is -2.93. The van der Waals surface area contributed by atoms with Gasteiger partial charge in [-0.3, -0.25) is 0 Å². The molecular weight excluding hydrogens is 406 g/mol. The Kier molecular flexibility index (Phi) is 6.95. The van der Waals surface area contributed by atoms with E-state index in [4.69, 9.17) is 4.74 Å². The molecule has 8 nitrogen and oxygen atoms in total. The third kappa shape index (κ3) is 6.79. The first-order chi connectivity index (χ1) is 14.6. The van der Waals surface area contributed by atoms with Gasteiger partial charge in [0.1, 0.15) is 12.4 Å². The Labute approximate surface area is 179 Å². The molecule has 1 fully saturated rings. The van der Waals surface area contributed by atoms with Crippen molar-refractivity contribution in [2.24, 2.45) is 5.92 Å². The van der Waals surface area contributed by atoms with Crippen molar-refractivity contribution in [3.63, 3.8) is 0 Å². The highest BCUT2D eigenvalue weighted by molar-refractivity contribution is 5.38. The fourth-order valence-corrected chi connectivity index (χ4v) is 3.76. The normalized spacial score (nSPS) is 21.4. The Morgan fingerprint density at radius 3 is 2.90 bits per heavy atom. The van der Waals surface area contributed by atoms with Crippen molar-refractivity contribution in [1.29, 1.82) is 5.26 Å². The topological polar surface area (TPSA) is 117 Å². The lowest BCUT2D eigenvalue weighted by Gasteiger charge is -2.33. The number of rotatable bonds is 8. The molecule has 2 atom stereocenters. The zero-order chi connectivity index (χ0) is 22.5. The summed E-state index contributed by atoms with van der Waals surface area (Å²) in [6.07, 6.45) is 8.07. The second-order valence-corrected chi connectivity index (χ2v) is 8.39. The highest BCUT2D eigenvalue weighted by Crippen LogP contribution is 2.34. The van der Waals surface area contributed by atoms with Crippen LogP contribution in [0.5, 0.6) is 5.88 Å². The van der Waals surface area contributed by atoms with Crippen molar-refractivity contribution in [3.8, 4) is 11.9 Å². The average molecular weight is 432 g/mol. The van der Waals surface area contributed by atoms with Crippen LogP contribution in [0.4, 0.5) is 14.7 Å². The van der Waals surface area contributed by atoms with Crippen LogP contribution in [-0.4, -0.2) is 43.2 Å². The molecule has 10 heteroatoms. The standard InChI is InChI=1S/C21H26F2N6O2/c1-20(30)5-3-4-14(7-20)6-17-15(8-24)10-26-19(29-17)27-11-16-9-25-13-28-18(16)31-12-21(2,22)23/h9-10,13-14,30H,3-7,11-12H2,1-2H3,(H,26,27,29)/t14-,20+/m1/s1. The fourth-order valence-electron chi connectivity index (χ4n) is 3.76. The minimum absolute atomic E-state index is 0.0577. The highest BCUT2D eigenvalue weighted by Gasteiger charge is 2.30. The van der Waals surface area contributed by atoms with Crippen molar-refractivity contribution in [3.05, 3.63) is 35.5 Å². The Morgan fingerprint density at radius 2 is 2.19 bits per heavy atom. The lowest BCUT2D eigenvalue weighted by atomic mass is 9.77. The Balaban J connectivity index is 1.69. The second-order valence-electron chi connectivity index (χ2n) is 8.39. The summed E-state index contributed by atoms with van der Waals surface area (Å²) in [6, 6.07) is 2.12. The molecule has 0 saturated heterocycles. The maximum absolute atomic E-state index is 13.1. The number of nitrogens with zero attached hydrogens (tertiary/aromatic N) is 5. The van der Waals surface area contributed by atoms with Gasteiger partial charge in [-0.2, -0.15) is 5.26 Å². The van der Waals surface area contributed by atoms with E-state index < -0.39 is 18.1 Å². The SMILES string of the molecule is CC(F)(F)COc1ncncc1CNc1ncc(C#N)c(C[C@H]2CCC[C@](C)(O)C2)n1. The molecule has 2 aromatic heterocycles. The average Bonchev–Trinajstić information content (AvgIpc) is 2.70. The van der Waals surface area contributed by atoms with E-state index >= 15 is 0 Å². The molecule has 0 bridgehead atoms. The summed E-state index contributed by atoms with van der Waals surface area (Å²) in [5.74, 6) is -2.39. The number of alkyl halides is 2. The largest absolute Gasteiger partial charge is 0.471 e. The monoisotopic (exact) mass is 432 g/mol. The molecule has 0 spiro atoms. The van der Waals surface area contributed by atoms with Crippen LogP contribution < -0.4 is 10.1 Å². The van der Waals surface area contributed by atoms with Crippen LogP contribution in [0, 0.1) is 17.2 Å². The fraction of sp³-hybridized carbons (Fsp3) is 0.571. The van der Waals surface area contributed by atoms with E-state index in [0.717, 1.165) is 26.2 Å². The van der Waals surface area contributed by atoms with E-state index in [1.807, 2.05) is 6.92 Å². The highest BCUT2D eigenvalue weighted by atomic mass is 19.3. The van der Waals surface area contributed by atoms with Gasteiger partial charge in [-0.1, -0.05) is 6.42 Å². The predicted octanol–water partition coefficient (Wildman–Crippen LogP) is 3.27. The van der Waals surface area contributed by atoms with Crippen molar-refractivity contribution in [1.82, 2.24) is 19.9 Å². The van der Waals surface area contributed by atoms with Gasteiger partial charge in [-0.05, 0) is 38.5 Å². The molecule has 2 aromatic rings. The van der Waals surface area contributed by atoms with Gasteiger partial charge in [0.2, 0.25) is 11.8 Å². The molecule has 31 heavy (non-hydrogen) atoms. The van der Waals surface area contributed by atoms with Gasteiger partial charge in [-0.25, -0.2) is 28.7 Å². The zero-order valence-corrected chi connectivity index (χ0v) is 17.6. The lowest BCUT2D eigenvalue weighted by Crippen LogP contribution is -2.32. The number of hydrogen-bond acceptors (Lipinski definition) is 8. The molecule has 0 radical (unpaired) electrons. The maximum atomic E-state index is 13.1. The summed E-state index contributed by atoms with van der Waals surface area (Å²) in [5.41, 5.74) is 0.801. The van der Waals surface area contributed by atoms with Gasteiger partial charge < -0.3 is 15.2 Å². The first-order valence-corrected chi connectivity index (χ1v) is 10.2. The van der Waals surface area contributed by atoms with Crippen LogP contribution in [0.1, 0.15) is 56.4 Å². The molecule has 166 valence electrons.